The van der Waals surface area contributed by atoms with E-state index in [0.29, 0.717) is 6.42 Å². The summed E-state index contributed by atoms with van der Waals surface area (Å²) in [6.07, 6.45) is 3.09. The van der Waals surface area contributed by atoms with E-state index >= 15 is 0 Å². The van der Waals surface area contributed by atoms with Crippen LogP contribution < -0.4 is 0 Å². The van der Waals surface area contributed by atoms with Crippen LogP contribution in [0.1, 0.15) is 26.7 Å². The number of hydrogen-bond acceptors (Lipinski definition) is 4. The van der Waals surface area contributed by atoms with E-state index in [1.165, 1.54) is 0 Å². The van der Waals surface area contributed by atoms with E-state index in [1.54, 1.807) is 31.9 Å². The van der Waals surface area contributed by atoms with Gasteiger partial charge in [0, 0.05) is 5.39 Å². The van der Waals surface area contributed by atoms with Crippen molar-refractivity contribution in [3.05, 3.63) is 30.6 Å². The summed E-state index contributed by atoms with van der Waals surface area (Å²) in [6, 6.07) is 7.91. The van der Waals surface area contributed by atoms with Gasteiger partial charge in [-0.3, -0.25) is 4.79 Å². The molecule has 0 bridgehead atoms. The average molecular weight is 290 g/mol. The lowest BCUT2D eigenvalue weighted by atomic mass is 9.88. The Labute approximate surface area is 122 Å². The zero-order valence-electron chi connectivity index (χ0n) is 11.7. The molecule has 106 valence electrons. The molecule has 2 aromatic rings. The molecule has 0 radical (unpaired) electrons. The fourth-order valence-electron chi connectivity index (χ4n) is 1.89. The van der Waals surface area contributed by atoms with E-state index in [0.717, 1.165) is 28.1 Å². The van der Waals surface area contributed by atoms with Crippen LogP contribution in [-0.2, 0) is 4.79 Å². The molecular formula is C15H18N2O2S. The van der Waals surface area contributed by atoms with Crippen molar-refractivity contribution in [2.24, 2.45) is 5.41 Å². The number of carbonyl (C=O) groups is 1. The number of nitrogens with zero attached hydrogens (tertiary/aromatic N) is 2. The molecule has 0 aliphatic rings. The van der Waals surface area contributed by atoms with E-state index in [1.807, 2.05) is 24.3 Å². The molecule has 1 aromatic carbocycles. The summed E-state index contributed by atoms with van der Waals surface area (Å²) in [6.45, 7) is 3.53. The first-order chi connectivity index (χ1) is 9.50. The van der Waals surface area contributed by atoms with Crippen molar-refractivity contribution >= 4 is 28.6 Å². The highest BCUT2D eigenvalue weighted by atomic mass is 32.2. The minimum absolute atomic E-state index is 0.658. The molecule has 4 nitrogen and oxygen atoms in total. The summed E-state index contributed by atoms with van der Waals surface area (Å²) in [4.78, 5) is 19.6. The Kier molecular flexibility index (Phi) is 4.60. The van der Waals surface area contributed by atoms with Crippen molar-refractivity contribution in [2.75, 3.05) is 5.75 Å². The number of aromatic nitrogens is 2. The van der Waals surface area contributed by atoms with Gasteiger partial charge in [-0.05, 0) is 38.5 Å². The monoisotopic (exact) mass is 290 g/mol. The van der Waals surface area contributed by atoms with Crippen LogP contribution in [0, 0.1) is 5.41 Å². The molecule has 1 N–H and O–H groups in total. The lowest BCUT2D eigenvalue weighted by Crippen LogP contribution is -2.23. The molecule has 0 aliphatic heterocycles. The van der Waals surface area contributed by atoms with Gasteiger partial charge in [0.15, 0.2) is 0 Å². The molecule has 0 saturated heterocycles. The summed E-state index contributed by atoms with van der Waals surface area (Å²) >= 11 is 1.66. The smallest absolute Gasteiger partial charge is 0.309 e. The van der Waals surface area contributed by atoms with Gasteiger partial charge in [-0.15, -0.1) is 11.8 Å². The van der Waals surface area contributed by atoms with Crippen molar-refractivity contribution in [1.29, 1.82) is 0 Å². The van der Waals surface area contributed by atoms with E-state index in [9.17, 15) is 4.79 Å². The number of thioether (sulfide) groups is 1. The van der Waals surface area contributed by atoms with Gasteiger partial charge in [0.05, 0.1) is 10.9 Å². The van der Waals surface area contributed by atoms with Gasteiger partial charge < -0.3 is 5.11 Å². The molecule has 1 heterocycles. The Hall–Kier alpha value is -1.62. The van der Waals surface area contributed by atoms with Crippen LogP contribution in [0.4, 0.5) is 0 Å². The normalized spacial score (nSPS) is 11.7. The third-order valence-corrected chi connectivity index (χ3v) is 4.36. The Morgan fingerprint density at radius 3 is 2.80 bits per heavy atom. The molecule has 0 spiro atoms. The SMILES string of the molecule is CC(C)(CCCSc1ncnc2ccccc12)C(=O)O. The summed E-state index contributed by atoms with van der Waals surface area (Å²) in [5.74, 6) is 0.118. The highest BCUT2D eigenvalue weighted by molar-refractivity contribution is 7.99. The Morgan fingerprint density at radius 2 is 2.05 bits per heavy atom. The van der Waals surface area contributed by atoms with Crippen molar-refractivity contribution in [1.82, 2.24) is 9.97 Å². The van der Waals surface area contributed by atoms with Crippen molar-refractivity contribution in [2.45, 2.75) is 31.7 Å². The van der Waals surface area contributed by atoms with Gasteiger partial charge >= 0.3 is 5.97 Å². The Balaban J connectivity index is 1.95. The minimum Gasteiger partial charge on any atom is -0.481 e. The van der Waals surface area contributed by atoms with Crippen molar-refractivity contribution in [3.63, 3.8) is 0 Å². The molecular weight excluding hydrogens is 272 g/mol. The van der Waals surface area contributed by atoms with Gasteiger partial charge in [-0.2, -0.15) is 0 Å². The minimum atomic E-state index is -0.741. The third-order valence-electron chi connectivity index (χ3n) is 3.27. The summed E-state index contributed by atoms with van der Waals surface area (Å²) < 4.78 is 0. The molecule has 5 heteroatoms. The molecule has 0 amide bonds. The van der Waals surface area contributed by atoms with E-state index in [4.69, 9.17) is 5.11 Å². The number of fused-ring (bicyclic) bond motifs is 1. The fourth-order valence-corrected chi connectivity index (χ4v) is 2.82. The van der Waals surface area contributed by atoms with Gasteiger partial charge in [0.25, 0.3) is 0 Å². The maximum Gasteiger partial charge on any atom is 0.309 e. The lowest BCUT2D eigenvalue weighted by molar-refractivity contribution is -0.147. The molecule has 2 rings (SSSR count). The largest absolute Gasteiger partial charge is 0.481 e. The van der Waals surface area contributed by atoms with Crippen LogP contribution in [0.2, 0.25) is 0 Å². The van der Waals surface area contributed by atoms with Gasteiger partial charge in [-0.1, -0.05) is 18.2 Å². The van der Waals surface area contributed by atoms with Crippen molar-refractivity contribution in [3.8, 4) is 0 Å². The van der Waals surface area contributed by atoms with Gasteiger partial charge in [0.2, 0.25) is 0 Å². The van der Waals surface area contributed by atoms with E-state index in [-0.39, 0.29) is 0 Å². The molecule has 0 unspecified atom stereocenters. The molecule has 1 aromatic heterocycles. The fraction of sp³-hybridized carbons (Fsp3) is 0.400. The van der Waals surface area contributed by atoms with Crippen LogP contribution in [0.25, 0.3) is 10.9 Å². The number of carboxylic acid groups (broad SMARTS) is 1. The van der Waals surface area contributed by atoms with E-state index in [2.05, 4.69) is 9.97 Å². The second kappa shape index (κ2) is 6.22. The van der Waals surface area contributed by atoms with Crippen LogP contribution in [-0.4, -0.2) is 26.8 Å². The summed E-state index contributed by atoms with van der Waals surface area (Å²) in [5, 5.41) is 11.1. The third kappa shape index (κ3) is 3.48. The quantitative estimate of drug-likeness (QED) is 0.500. The van der Waals surface area contributed by atoms with Gasteiger partial charge in [-0.25, -0.2) is 9.97 Å². The molecule has 0 saturated carbocycles. The zero-order valence-corrected chi connectivity index (χ0v) is 12.5. The second-order valence-corrected chi connectivity index (χ2v) is 6.42. The van der Waals surface area contributed by atoms with Crippen LogP contribution in [0.3, 0.4) is 0 Å². The summed E-state index contributed by atoms with van der Waals surface area (Å²) in [5.41, 5.74) is 0.282. The number of aliphatic carboxylic acids is 1. The average Bonchev–Trinajstić information content (AvgIpc) is 2.43. The zero-order chi connectivity index (χ0) is 14.6. The maximum atomic E-state index is 11.0. The molecule has 0 aliphatic carbocycles. The first kappa shape index (κ1) is 14.8. The maximum absolute atomic E-state index is 11.0. The topological polar surface area (TPSA) is 63.1 Å². The summed E-state index contributed by atoms with van der Waals surface area (Å²) in [7, 11) is 0. The van der Waals surface area contributed by atoms with Crippen molar-refractivity contribution < 1.29 is 9.90 Å². The van der Waals surface area contributed by atoms with Crippen LogP contribution in [0.15, 0.2) is 35.6 Å². The van der Waals surface area contributed by atoms with Crippen LogP contribution >= 0.6 is 11.8 Å². The first-order valence-corrected chi connectivity index (χ1v) is 7.55. The number of benzene rings is 1. The standard InChI is InChI=1S/C15H18N2O2S/c1-15(2,14(18)19)8-5-9-20-13-11-6-3-4-7-12(11)16-10-17-13/h3-4,6-7,10H,5,8-9H2,1-2H3,(H,18,19). The van der Waals surface area contributed by atoms with E-state index < -0.39 is 11.4 Å². The highest BCUT2D eigenvalue weighted by Crippen LogP contribution is 2.28. The van der Waals surface area contributed by atoms with Crippen LogP contribution in [0.5, 0.6) is 0 Å². The molecule has 0 atom stereocenters. The predicted molar refractivity (Wildman–Crippen MR) is 80.9 cm³/mol. The number of para-hydroxylation sites is 1. The lowest BCUT2D eigenvalue weighted by Gasteiger charge is -2.18. The molecule has 20 heavy (non-hydrogen) atoms. The predicted octanol–water partition coefficient (Wildman–Crippen LogP) is 3.61. The first-order valence-electron chi connectivity index (χ1n) is 6.57. The van der Waals surface area contributed by atoms with Gasteiger partial charge in [0.1, 0.15) is 11.4 Å². The number of rotatable bonds is 6. The Bertz CT molecular complexity index is 608. The second-order valence-electron chi connectivity index (χ2n) is 5.34. The number of carboxylic acids is 1. The highest BCUT2D eigenvalue weighted by Gasteiger charge is 2.26. The number of hydrogen-bond donors (Lipinski definition) is 1. The Morgan fingerprint density at radius 1 is 1.30 bits per heavy atom. The molecule has 0 fully saturated rings.